The van der Waals surface area contributed by atoms with Crippen LogP contribution in [0.25, 0.3) is 32.9 Å². The van der Waals surface area contributed by atoms with Gasteiger partial charge in [-0.1, -0.05) is 18.9 Å². The van der Waals surface area contributed by atoms with Gasteiger partial charge in [-0.25, -0.2) is 27.7 Å². The molecule has 5 aliphatic rings. The van der Waals surface area contributed by atoms with Gasteiger partial charge < -0.3 is 28.1 Å². The summed E-state index contributed by atoms with van der Waals surface area (Å²) >= 11 is 0. The number of hydrogen-bond acceptors (Lipinski definition) is 12. The second kappa shape index (κ2) is 14.2. The van der Waals surface area contributed by atoms with Gasteiger partial charge in [-0.3, -0.25) is 9.80 Å². The van der Waals surface area contributed by atoms with E-state index in [1.807, 2.05) is 0 Å². The maximum Gasteiger partial charge on any atom is 0.519 e. The molecule has 5 aromatic rings. The summed E-state index contributed by atoms with van der Waals surface area (Å²) in [5, 5.41) is 1.08. The number of piperazine rings is 1. The Morgan fingerprint density at radius 1 is 1.12 bits per heavy atom. The van der Waals surface area contributed by atoms with Gasteiger partial charge in [0.05, 0.1) is 28.7 Å². The van der Waals surface area contributed by atoms with Crippen molar-refractivity contribution in [2.24, 2.45) is 5.92 Å². The van der Waals surface area contributed by atoms with Crippen LogP contribution in [0.15, 0.2) is 37.9 Å². The molecule has 10 rings (SSSR count). The number of amides is 1. The number of pyridine rings is 1. The Kier molecular flexibility index (Phi) is 9.14. The molecule has 0 N–H and O–H groups in total. The van der Waals surface area contributed by atoms with E-state index in [1.165, 1.54) is 37.2 Å². The number of anilines is 1. The van der Waals surface area contributed by atoms with E-state index >= 15 is 8.78 Å². The predicted octanol–water partition coefficient (Wildman–Crippen LogP) is 6.39. The van der Waals surface area contributed by atoms with Crippen molar-refractivity contribution in [2.45, 2.75) is 88.8 Å². The van der Waals surface area contributed by atoms with Crippen molar-refractivity contribution in [2.75, 3.05) is 45.2 Å². The Morgan fingerprint density at radius 3 is 2.72 bits per heavy atom. The Labute approximate surface area is 343 Å². The summed E-state index contributed by atoms with van der Waals surface area (Å²) in [4.78, 5) is 47.7. The van der Waals surface area contributed by atoms with Crippen LogP contribution < -0.4 is 20.2 Å². The number of alkyl halides is 1. The molecular weight excluding hydrogens is 780 g/mol. The first-order chi connectivity index (χ1) is 28.8. The van der Waals surface area contributed by atoms with Gasteiger partial charge in [-0.2, -0.15) is 9.97 Å². The van der Waals surface area contributed by atoms with Gasteiger partial charge >= 0.3 is 17.9 Å². The average Bonchev–Trinajstić information content (AvgIpc) is 3.90. The van der Waals surface area contributed by atoms with Crippen LogP contribution in [0.1, 0.15) is 61.8 Å². The standard InChI is InChI=1S/C44H44F3N7O6/c1-6-28-30(46)10-8-24-15-27(59-42(55)51(4)5)16-29(34(24)28)37-36(47)38-35-31(48-37)14-22(2)39-32-11-9-26(53(32)20-33-23(3)58-43(56)60-33)19-54(39)40(35)50-41(49-38)57-21-44-12-7-13-52(44)18-25(45)17-44/h1,8,10,15-16,22,25-26,32,39H,7,9,11-14,17-21H2,2-5H3/t22-,25+,26+,32-,39-,44-/m0/s1. The zero-order valence-corrected chi connectivity index (χ0v) is 33.8. The number of ether oxygens (including phenoxy) is 2. The van der Waals surface area contributed by atoms with Crippen molar-refractivity contribution < 1.29 is 36.3 Å². The van der Waals surface area contributed by atoms with Gasteiger partial charge in [0.15, 0.2) is 11.6 Å². The predicted molar refractivity (Wildman–Crippen MR) is 215 cm³/mol. The van der Waals surface area contributed by atoms with Crippen LogP contribution in [0.2, 0.25) is 0 Å². The van der Waals surface area contributed by atoms with E-state index in [2.05, 4.69) is 27.5 Å². The largest absolute Gasteiger partial charge is 0.519 e. The molecule has 0 radical (unpaired) electrons. The highest BCUT2D eigenvalue weighted by Gasteiger charge is 2.52. The SMILES string of the molecule is C#Cc1c(F)ccc2cc(OC(=O)N(C)C)cc(-c3nc4c5c(nc(OC[C@@]67CCCN6C[C@H](F)C7)nc5c3F)N3C[C@H]5CC[C@@H]([C@@H]3[C@@H](C)C4)N5Cc3oc(=O)oc3C)c12. The fraction of sp³-hybridized carbons (Fsp3) is 0.477. The second-order valence-electron chi connectivity index (χ2n) is 17.3. The van der Waals surface area contributed by atoms with Gasteiger partial charge in [0.1, 0.15) is 47.1 Å². The van der Waals surface area contributed by atoms with Gasteiger partial charge in [0, 0.05) is 62.7 Å². The molecule has 4 saturated heterocycles. The molecule has 3 aromatic heterocycles. The van der Waals surface area contributed by atoms with Crippen molar-refractivity contribution in [1.82, 2.24) is 29.7 Å². The molecule has 2 bridgehead atoms. The number of rotatable bonds is 7. The summed E-state index contributed by atoms with van der Waals surface area (Å²) in [5.74, 6) is 1.65. The first-order valence-electron chi connectivity index (χ1n) is 20.5. The molecule has 2 aromatic carbocycles. The lowest BCUT2D eigenvalue weighted by atomic mass is 9.88. The van der Waals surface area contributed by atoms with Gasteiger partial charge in [-0.15, -0.1) is 6.42 Å². The number of nitrogens with zero attached hydrogens (tertiary/aromatic N) is 7. The highest BCUT2D eigenvalue weighted by atomic mass is 19.1. The monoisotopic (exact) mass is 823 g/mol. The lowest BCUT2D eigenvalue weighted by molar-refractivity contribution is 0.0983. The third-order valence-electron chi connectivity index (χ3n) is 13.4. The number of hydrogen-bond donors (Lipinski definition) is 0. The molecule has 0 spiro atoms. The molecule has 8 heterocycles. The number of carbonyl (C=O) groups excluding carboxylic acids is 1. The van der Waals surface area contributed by atoms with Crippen LogP contribution in [-0.2, 0) is 13.0 Å². The van der Waals surface area contributed by atoms with E-state index in [9.17, 15) is 14.0 Å². The number of halogens is 3. The minimum absolute atomic E-state index is 0.00504. The molecule has 1 amide bonds. The highest BCUT2D eigenvalue weighted by Crippen LogP contribution is 2.48. The molecule has 60 heavy (non-hydrogen) atoms. The summed E-state index contributed by atoms with van der Waals surface area (Å²) in [6, 6.07) is 5.60. The number of aryl methyl sites for hydroxylation is 1. The summed E-state index contributed by atoms with van der Waals surface area (Å²) in [6.07, 6.45) is 8.41. The lowest BCUT2D eigenvalue weighted by Gasteiger charge is -2.49. The third-order valence-corrected chi connectivity index (χ3v) is 13.4. The first-order valence-corrected chi connectivity index (χ1v) is 20.5. The van der Waals surface area contributed by atoms with E-state index in [0.29, 0.717) is 66.3 Å². The van der Waals surface area contributed by atoms with Crippen molar-refractivity contribution in [1.29, 1.82) is 0 Å². The Balaban J connectivity index is 1.15. The molecule has 312 valence electrons. The van der Waals surface area contributed by atoms with Crippen LogP contribution in [0.3, 0.4) is 0 Å². The van der Waals surface area contributed by atoms with Crippen LogP contribution in [0, 0.1) is 36.8 Å². The van der Waals surface area contributed by atoms with E-state index in [4.69, 9.17) is 39.7 Å². The van der Waals surface area contributed by atoms with Crippen molar-refractivity contribution in [3.63, 3.8) is 0 Å². The molecule has 0 aliphatic carbocycles. The Bertz CT molecular complexity index is 2700. The van der Waals surface area contributed by atoms with Crippen LogP contribution in [-0.4, -0.2) is 106 Å². The molecule has 6 atom stereocenters. The topological polar surface area (TPSA) is 131 Å². The Morgan fingerprint density at radius 2 is 1.95 bits per heavy atom. The molecule has 5 aliphatic heterocycles. The zero-order valence-electron chi connectivity index (χ0n) is 33.8. The molecule has 13 nitrogen and oxygen atoms in total. The van der Waals surface area contributed by atoms with Crippen LogP contribution >= 0.6 is 0 Å². The maximum atomic E-state index is 17.8. The quantitative estimate of drug-likeness (QED) is 0.169. The normalized spacial score (nSPS) is 26.0. The van der Waals surface area contributed by atoms with Crippen molar-refractivity contribution >= 4 is 33.6 Å². The number of benzene rings is 2. The number of terminal acetylenes is 1. The van der Waals surface area contributed by atoms with Crippen molar-refractivity contribution in [3.8, 4) is 35.4 Å². The smallest absolute Gasteiger partial charge is 0.461 e. The minimum Gasteiger partial charge on any atom is -0.461 e. The molecule has 0 unspecified atom stereocenters. The first kappa shape index (κ1) is 38.5. The zero-order chi connectivity index (χ0) is 41.8. The van der Waals surface area contributed by atoms with Crippen LogP contribution in [0.5, 0.6) is 11.8 Å². The number of aromatic nitrogens is 3. The average molecular weight is 824 g/mol. The molecule has 4 fully saturated rings. The van der Waals surface area contributed by atoms with Crippen molar-refractivity contribution in [3.05, 3.63) is 69.3 Å². The fourth-order valence-corrected chi connectivity index (χ4v) is 10.8. The third kappa shape index (κ3) is 6.10. The number of carbonyl (C=O) groups is 1. The van der Waals surface area contributed by atoms with Gasteiger partial charge in [0.25, 0.3) is 0 Å². The van der Waals surface area contributed by atoms with E-state index in [1.54, 1.807) is 13.0 Å². The summed E-state index contributed by atoms with van der Waals surface area (Å²) in [6.45, 7) is 6.03. The van der Waals surface area contributed by atoms with E-state index in [0.717, 1.165) is 32.2 Å². The number of fused-ring (bicyclic) bond motifs is 7. The van der Waals surface area contributed by atoms with E-state index < -0.39 is 35.3 Å². The lowest BCUT2D eigenvalue weighted by Crippen LogP contribution is -2.61. The second-order valence-corrected chi connectivity index (χ2v) is 17.3. The molecule has 0 saturated carbocycles. The summed E-state index contributed by atoms with van der Waals surface area (Å²) in [5.41, 5.74) is -0.146. The van der Waals surface area contributed by atoms with Gasteiger partial charge in [-0.05, 0) is 75.1 Å². The molecular formula is C44H44F3N7O6. The van der Waals surface area contributed by atoms with Gasteiger partial charge in [0.2, 0.25) is 0 Å². The molecule has 16 heteroatoms. The van der Waals surface area contributed by atoms with Crippen LogP contribution in [0.4, 0.5) is 23.8 Å². The minimum atomic E-state index is -0.974. The fourth-order valence-electron chi connectivity index (χ4n) is 10.8. The highest BCUT2D eigenvalue weighted by molar-refractivity contribution is 6.04. The Hall–Kier alpha value is -5.66. The summed E-state index contributed by atoms with van der Waals surface area (Å²) in [7, 11) is 3.07. The maximum absolute atomic E-state index is 17.8. The summed E-state index contributed by atoms with van der Waals surface area (Å²) < 4.78 is 70.9. The van der Waals surface area contributed by atoms with E-state index in [-0.39, 0.29) is 70.1 Å².